The molecule has 2 N–H and O–H groups in total. The first-order valence-corrected chi connectivity index (χ1v) is 4.75. The number of alkyl halides is 2. The Bertz CT molecular complexity index is 422. The van der Waals surface area contributed by atoms with Gasteiger partial charge in [-0.1, -0.05) is 11.3 Å². The van der Waals surface area contributed by atoms with Crippen LogP contribution in [0.4, 0.5) is 8.78 Å². The first kappa shape index (κ1) is 9.42. The number of hydrogen-bond donors (Lipinski definition) is 1. The van der Waals surface area contributed by atoms with Gasteiger partial charge in [-0.3, -0.25) is 0 Å². The lowest BCUT2D eigenvalue weighted by Crippen LogP contribution is -2.24. The highest BCUT2D eigenvalue weighted by Crippen LogP contribution is 2.32. The topological polar surface area (TPSA) is 51.8 Å². The number of nitrogens with zero attached hydrogens (tertiary/aromatic N) is 2. The zero-order valence-electron chi connectivity index (χ0n) is 7.08. The van der Waals surface area contributed by atoms with E-state index >= 15 is 0 Å². The second-order valence-electron chi connectivity index (χ2n) is 2.76. The molecular weight excluding hydrogens is 208 g/mol. The number of nitrogens with two attached hydrogens (primary N) is 1. The molecule has 0 radical (unpaired) electrons. The van der Waals surface area contributed by atoms with Crippen molar-refractivity contribution in [1.82, 2.24) is 9.97 Å². The van der Waals surface area contributed by atoms with Crippen LogP contribution in [0, 0.1) is 0 Å². The minimum absolute atomic E-state index is 0.270. The van der Waals surface area contributed by atoms with Gasteiger partial charge in [-0.15, -0.1) is 0 Å². The van der Waals surface area contributed by atoms with Gasteiger partial charge >= 0.3 is 5.92 Å². The Morgan fingerprint density at radius 2 is 2.29 bits per heavy atom. The van der Waals surface area contributed by atoms with E-state index in [2.05, 4.69) is 9.97 Å². The summed E-state index contributed by atoms with van der Waals surface area (Å²) in [5.74, 6) is -3.05. The summed E-state index contributed by atoms with van der Waals surface area (Å²) in [6.45, 7) is -0.729. The van der Waals surface area contributed by atoms with Crippen molar-refractivity contribution in [2.75, 3.05) is 6.54 Å². The lowest BCUT2D eigenvalue weighted by molar-refractivity contribution is 0.00594. The molecular formula is C8H7F2N3S. The second-order valence-corrected chi connectivity index (χ2v) is 3.73. The van der Waals surface area contributed by atoms with Crippen LogP contribution < -0.4 is 5.73 Å². The minimum atomic E-state index is -3.05. The molecule has 0 aliphatic rings. The third-order valence-electron chi connectivity index (χ3n) is 1.74. The Hall–Kier alpha value is -1.14. The molecule has 0 bridgehead atoms. The lowest BCUT2D eigenvalue weighted by Gasteiger charge is -2.08. The summed E-state index contributed by atoms with van der Waals surface area (Å²) in [4.78, 5) is 8.22. The first-order chi connectivity index (χ1) is 6.63. The molecule has 3 nitrogen and oxygen atoms in total. The Balaban J connectivity index is 2.55. The van der Waals surface area contributed by atoms with Gasteiger partial charge in [0.2, 0.25) is 0 Å². The number of fused-ring (bicyclic) bond motifs is 1. The molecule has 0 unspecified atom stereocenters. The van der Waals surface area contributed by atoms with Crippen molar-refractivity contribution < 1.29 is 8.78 Å². The van der Waals surface area contributed by atoms with E-state index in [0.717, 1.165) is 11.3 Å². The smallest absolute Gasteiger partial charge is 0.310 e. The molecule has 0 fully saturated rings. The highest BCUT2D eigenvalue weighted by atomic mass is 32.1. The highest BCUT2D eigenvalue weighted by molar-refractivity contribution is 7.18. The van der Waals surface area contributed by atoms with Crippen LogP contribution in [-0.4, -0.2) is 16.5 Å². The minimum Gasteiger partial charge on any atom is -0.325 e. The summed E-state index contributed by atoms with van der Waals surface area (Å²) in [6.07, 6.45) is 1.55. The second kappa shape index (κ2) is 3.21. The molecule has 6 heteroatoms. The molecule has 2 heterocycles. The van der Waals surface area contributed by atoms with Crippen molar-refractivity contribution in [3.63, 3.8) is 0 Å². The zero-order valence-corrected chi connectivity index (χ0v) is 7.89. The fourth-order valence-corrected chi connectivity index (χ4v) is 1.91. The summed E-state index contributed by atoms with van der Waals surface area (Å²) >= 11 is 0.877. The average Bonchev–Trinajstić information content (AvgIpc) is 2.61. The van der Waals surface area contributed by atoms with Crippen LogP contribution in [0.2, 0.25) is 0 Å². The van der Waals surface area contributed by atoms with Crippen LogP contribution in [0.15, 0.2) is 18.3 Å². The quantitative estimate of drug-likeness (QED) is 0.830. The zero-order chi connectivity index (χ0) is 10.2. The van der Waals surface area contributed by atoms with Gasteiger partial charge in [-0.25, -0.2) is 9.97 Å². The maximum Gasteiger partial charge on any atom is 0.310 e. The summed E-state index contributed by atoms with van der Waals surface area (Å²) in [5.41, 5.74) is 5.44. The van der Waals surface area contributed by atoms with E-state index < -0.39 is 12.5 Å². The first-order valence-electron chi connectivity index (χ1n) is 3.93. The van der Waals surface area contributed by atoms with Crippen molar-refractivity contribution >= 4 is 21.7 Å². The summed E-state index contributed by atoms with van der Waals surface area (Å²) in [7, 11) is 0. The van der Waals surface area contributed by atoms with Crippen LogP contribution in [-0.2, 0) is 5.92 Å². The molecule has 0 spiro atoms. The van der Waals surface area contributed by atoms with Gasteiger partial charge in [0.05, 0.1) is 6.54 Å². The SMILES string of the molecule is NCC(F)(F)c1nc2cccnc2s1. The number of rotatable bonds is 2. The van der Waals surface area contributed by atoms with E-state index in [-0.39, 0.29) is 5.01 Å². The summed E-state index contributed by atoms with van der Waals surface area (Å²) in [6, 6.07) is 3.31. The molecule has 2 rings (SSSR count). The van der Waals surface area contributed by atoms with Gasteiger partial charge in [0.25, 0.3) is 0 Å². The molecule has 14 heavy (non-hydrogen) atoms. The van der Waals surface area contributed by atoms with Crippen molar-refractivity contribution in [2.24, 2.45) is 5.73 Å². The summed E-state index contributed by atoms with van der Waals surface area (Å²) in [5, 5.41) is -0.270. The van der Waals surface area contributed by atoms with E-state index in [1.807, 2.05) is 0 Å². The fraction of sp³-hybridized carbons (Fsp3) is 0.250. The summed E-state index contributed by atoms with van der Waals surface area (Å²) < 4.78 is 26.2. The van der Waals surface area contributed by atoms with Crippen molar-refractivity contribution in [3.05, 3.63) is 23.3 Å². The van der Waals surface area contributed by atoms with Gasteiger partial charge in [0.15, 0.2) is 5.01 Å². The monoisotopic (exact) mass is 215 g/mol. The van der Waals surface area contributed by atoms with E-state index in [9.17, 15) is 8.78 Å². The Morgan fingerprint density at radius 1 is 1.50 bits per heavy atom. The highest BCUT2D eigenvalue weighted by Gasteiger charge is 2.33. The predicted octanol–water partition coefficient (Wildman–Crippen LogP) is 1.74. The van der Waals surface area contributed by atoms with Crippen LogP contribution in [0.3, 0.4) is 0 Å². The predicted molar refractivity (Wildman–Crippen MR) is 50.4 cm³/mol. The van der Waals surface area contributed by atoms with E-state index in [0.29, 0.717) is 10.3 Å². The van der Waals surface area contributed by atoms with Crippen molar-refractivity contribution in [2.45, 2.75) is 5.92 Å². The fourth-order valence-electron chi connectivity index (χ4n) is 1.01. The van der Waals surface area contributed by atoms with Crippen molar-refractivity contribution in [1.29, 1.82) is 0 Å². The number of thiazole rings is 1. The Morgan fingerprint density at radius 3 is 2.93 bits per heavy atom. The normalized spacial score (nSPS) is 12.2. The van der Waals surface area contributed by atoms with Gasteiger partial charge < -0.3 is 5.73 Å². The molecule has 0 atom stereocenters. The molecule has 74 valence electrons. The number of hydrogen-bond acceptors (Lipinski definition) is 4. The van der Waals surface area contributed by atoms with Gasteiger partial charge in [-0.05, 0) is 12.1 Å². The third kappa shape index (κ3) is 1.46. The molecule has 0 saturated heterocycles. The van der Waals surface area contributed by atoms with Crippen LogP contribution in [0.1, 0.15) is 5.01 Å². The molecule has 2 aromatic rings. The molecule has 0 aromatic carbocycles. The Labute approximate surface area is 82.6 Å². The largest absolute Gasteiger partial charge is 0.325 e. The van der Waals surface area contributed by atoms with E-state index in [4.69, 9.17) is 5.73 Å². The van der Waals surface area contributed by atoms with Gasteiger partial charge in [0, 0.05) is 6.20 Å². The molecule has 0 saturated carbocycles. The van der Waals surface area contributed by atoms with Gasteiger partial charge in [0.1, 0.15) is 10.3 Å². The van der Waals surface area contributed by atoms with E-state index in [1.165, 1.54) is 0 Å². The molecule has 0 amide bonds. The van der Waals surface area contributed by atoms with E-state index in [1.54, 1.807) is 18.3 Å². The molecule has 0 aliphatic heterocycles. The Kier molecular flexibility index (Phi) is 2.16. The maximum absolute atomic E-state index is 13.1. The molecule has 2 aromatic heterocycles. The standard InChI is InChI=1S/C8H7F2N3S/c9-8(10,4-11)7-13-5-2-1-3-12-6(5)14-7/h1-3H,4,11H2. The maximum atomic E-state index is 13.1. The van der Waals surface area contributed by atoms with Crippen molar-refractivity contribution in [3.8, 4) is 0 Å². The number of pyridine rings is 1. The lowest BCUT2D eigenvalue weighted by atomic mass is 10.3. The van der Waals surface area contributed by atoms with Crippen LogP contribution in [0.5, 0.6) is 0 Å². The van der Waals surface area contributed by atoms with Gasteiger partial charge in [-0.2, -0.15) is 8.78 Å². The molecule has 0 aliphatic carbocycles. The van der Waals surface area contributed by atoms with Crippen LogP contribution in [0.25, 0.3) is 10.3 Å². The average molecular weight is 215 g/mol. The third-order valence-corrected chi connectivity index (χ3v) is 2.83. The van der Waals surface area contributed by atoms with Crippen LogP contribution >= 0.6 is 11.3 Å². The number of halogens is 2. The number of aromatic nitrogens is 2.